The Kier molecular flexibility index (Phi) is 6.69. The number of carboxylic acid groups (broad SMARTS) is 1. The van der Waals surface area contributed by atoms with Crippen LogP contribution in [-0.4, -0.2) is 48.7 Å². The molecule has 0 fully saturated rings. The van der Waals surface area contributed by atoms with Crippen LogP contribution in [0.15, 0.2) is 24.3 Å². The van der Waals surface area contributed by atoms with Gasteiger partial charge in [-0.15, -0.1) is 0 Å². The zero-order chi connectivity index (χ0) is 15.0. The molecule has 0 atom stereocenters. The fraction of sp³-hybridized carbons (Fsp3) is 0.429. The zero-order valence-electron chi connectivity index (χ0n) is 11.5. The highest BCUT2D eigenvalue weighted by molar-refractivity contribution is 5.83. The largest absolute Gasteiger partial charge is 0.480 e. The average Bonchev–Trinajstić information content (AvgIpc) is 2.43. The van der Waals surface area contributed by atoms with Gasteiger partial charge in [-0.1, -0.05) is 24.3 Å². The Hall–Kier alpha value is -1.92. The highest BCUT2D eigenvalue weighted by Crippen LogP contribution is 2.10. The number of benzene rings is 1. The lowest BCUT2D eigenvalue weighted by molar-refractivity contribution is -0.144. The molecule has 1 aromatic carbocycles. The molecule has 0 aliphatic rings. The molecule has 0 heterocycles. The third-order valence-corrected chi connectivity index (χ3v) is 2.92. The SMILES string of the molecule is COCCN(CC(=O)O)C(=O)Cc1ccccc1CN. The van der Waals surface area contributed by atoms with Crippen molar-refractivity contribution in [2.75, 3.05) is 26.8 Å². The molecule has 0 saturated carbocycles. The normalized spacial score (nSPS) is 10.3. The van der Waals surface area contributed by atoms with Gasteiger partial charge < -0.3 is 20.5 Å². The van der Waals surface area contributed by atoms with Crippen molar-refractivity contribution in [2.24, 2.45) is 5.73 Å². The smallest absolute Gasteiger partial charge is 0.323 e. The Morgan fingerprint density at radius 1 is 1.30 bits per heavy atom. The summed E-state index contributed by atoms with van der Waals surface area (Å²) in [5, 5.41) is 8.84. The molecule has 1 amide bonds. The van der Waals surface area contributed by atoms with Gasteiger partial charge in [0.05, 0.1) is 13.0 Å². The molecule has 0 aliphatic heterocycles. The fourth-order valence-electron chi connectivity index (χ4n) is 1.86. The Morgan fingerprint density at radius 2 is 1.95 bits per heavy atom. The van der Waals surface area contributed by atoms with Gasteiger partial charge in [0.25, 0.3) is 0 Å². The molecule has 3 N–H and O–H groups in total. The number of hydrogen-bond donors (Lipinski definition) is 2. The van der Waals surface area contributed by atoms with Crippen LogP contribution >= 0.6 is 0 Å². The predicted octanol–water partition coefficient (Wildman–Crippen LogP) is 0.247. The van der Waals surface area contributed by atoms with E-state index in [1.165, 1.54) is 12.0 Å². The molecule has 6 nitrogen and oxygen atoms in total. The van der Waals surface area contributed by atoms with Crippen molar-refractivity contribution in [3.05, 3.63) is 35.4 Å². The summed E-state index contributed by atoms with van der Waals surface area (Å²) in [4.78, 5) is 24.3. The highest BCUT2D eigenvalue weighted by Gasteiger charge is 2.17. The van der Waals surface area contributed by atoms with Gasteiger partial charge in [-0.25, -0.2) is 0 Å². The second-order valence-corrected chi connectivity index (χ2v) is 4.35. The third kappa shape index (κ3) is 4.99. The van der Waals surface area contributed by atoms with E-state index in [0.29, 0.717) is 13.2 Å². The van der Waals surface area contributed by atoms with Crippen LogP contribution in [0, 0.1) is 0 Å². The summed E-state index contributed by atoms with van der Waals surface area (Å²) in [5.41, 5.74) is 7.34. The van der Waals surface area contributed by atoms with Crippen molar-refractivity contribution in [3.63, 3.8) is 0 Å². The maximum atomic E-state index is 12.2. The molecule has 0 aliphatic carbocycles. The minimum atomic E-state index is -1.04. The van der Waals surface area contributed by atoms with E-state index in [4.69, 9.17) is 15.6 Å². The number of carbonyl (C=O) groups is 2. The molecule has 110 valence electrons. The second-order valence-electron chi connectivity index (χ2n) is 4.35. The van der Waals surface area contributed by atoms with E-state index in [1.54, 1.807) is 0 Å². The summed E-state index contributed by atoms with van der Waals surface area (Å²) in [6.45, 7) is 0.581. The number of hydrogen-bond acceptors (Lipinski definition) is 4. The number of carbonyl (C=O) groups excluding carboxylic acids is 1. The molecule has 0 aromatic heterocycles. The van der Waals surface area contributed by atoms with E-state index in [1.807, 2.05) is 24.3 Å². The minimum absolute atomic E-state index is 0.143. The summed E-state index contributed by atoms with van der Waals surface area (Å²) < 4.78 is 4.89. The number of nitrogens with zero attached hydrogens (tertiary/aromatic N) is 1. The maximum Gasteiger partial charge on any atom is 0.323 e. The molecule has 1 aromatic rings. The van der Waals surface area contributed by atoms with Gasteiger partial charge in [0.15, 0.2) is 0 Å². The summed E-state index contributed by atoms with van der Waals surface area (Å²) in [5.74, 6) is -1.29. The van der Waals surface area contributed by atoms with Gasteiger partial charge in [-0.2, -0.15) is 0 Å². The first-order valence-electron chi connectivity index (χ1n) is 6.33. The Balaban J connectivity index is 2.76. The van der Waals surface area contributed by atoms with Gasteiger partial charge in [0.1, 0.15) is 6.54 Å². The molecular formula is C14H20N2O4. The van der Waals surface area contributed by atoms with Crippen molar-refractivity contribution in [1.29, 1.82) is 0 Å². The molecule has 0 spiro atoms. The van der Waals surface area contributed by atoms with Gasteiger partial charge in [-0.3, -0.25) is 9.59 Å². The van der Waals surface area contributed by atoms with Crippen molar-refractivity contribution >= 4 is 11.9 Å². The van der Waals surface area contributed by atoms with Crippen molar-refractivity contribution in [1.82, 2.24) is 4.90 Å². The summed E-state index contributed by atoms with van der Waals surface area (Å²) in [6.07, 6.45) is 0.143. The van der Waals surface area contributed by atoms with Crippen LogP contribution in [0.3, 0.4) is 0 Å². The molecule has 20 heavy (non-hydrogen) atoms. The van der Waals surface area contributed by atoms with Crippen LogP contribution in [0.1, 0.15) is 11.1 Å². The summed E-state index contributed by atoms with van der Waals surface area (Å²) >= 11 is 0. The van der Waals surface area contributed by atoms with Gasteiger partial charge in [-0.05, 0) is 11.1 Å². The number of methoxy groups -OCH3 is 1. The highest BCUT2D eigenvalue weighted by atomic mass is 16.5. The Morgan fingerprint density at radius 3 is 2.50 bits per heavy atom. The zero-order valence-corrected chi connectivity index (χ0v) is 11.5. The fourth-order valence-corrected chi connectivity index (χ4v) is 1.86. The number of rotatable bonds is 8. The molecular weight excluding hydrogens is 260 g/mol. The van der Waals surface area contributed by atoms with E-state index in [2.05, 4.69) is 0 Å². The number of carboxylic acids is 1. The Labute approximate surface area is 118 Å². The molecule has 1 rings (SSSR count). The van der Waals surface area contributed by atoms with Crippen molar-refractivity contribution in [2.45, 2.75) is 13.0 Å². The van der Waals surface area contributed by atoms with E-state index in [-0.39, 0.29) is 25.4 Å². The van der Waals surface area contributed by atoms with E-state index in [0.717, 1.165) is 11.1 Å². The lowest BCUT2D eigenvalue weighted by Gasteiger charge is -2.21. The van der Waals surface area contributed by atoms with Crippen molar-refractivity contribution in [3.8, 4) is 0 Å². The lowest BCUT2D eigenvalue weighted by atomic mass is 10.0. The summed E-state index contributed by atoms with van der Waals surface area (Å²) in [6, 6.07) is 7.38. The maximum absolute atomic E-state index is 12.2. The predicted molar refractivity (Wildman–Crippen MR) is 74.1 cm³/mol. The topological polar surface area (TPSA) is 92.9 Å². The van der Waals surface area contributed by atoms with Gasteiger partial charge in [0.2, 0.25) is 5.91 Å². The van der Waals surface area contributed by atoms with Gasteiger partial charge >= 0.3 is 5.97 Å². The van der Waals surface area contributed by atoms with Crippen LogP contribution in [0.25, 0.3) is 0 Å². The first-order chi connectivity index (χ1) is 9.58. The Bertz CT molecular complexity index is 462. The molecule has 0 unspecified atom stereocenters. The van der Waals surface area contributed by atoms with Crippen LogP contribution < -0.4 is 5.73 Å². The first-order valence-corrected chi connectivity index (χ1v) is 6.33. The average molecular weight is 280 g/mol. The van der Waals surface area contributed by atoms with Crippen LogP contribution in [0.4, 0.5) is 0 Å². The number of nitrogens with two attached hydrogens (primary N) is 1. The lowest BCUT2D eigenvalue weighted by Crippen LogP contribution is -2.39. The molecule has 0 saturated heterocycles. The van der Waals surface area contributed by atoms with Crippen LogP contribution in [-0.2, 0) is 27.3 Å². The summed E-state index contributed by atoms with van der Waals surface area (Å²) in [7, 11) is 1.51. The standard InChI is InChI=1S/C14H20N2O4/c1-20-7-6-16(10-14(18)19)13(17)8-11-4-2-3-5-12(11)9-15/h2-5H,6-10,15H2,1H3,(H,18,19). The first kappa shape index (κ1) is 16.1. The third-order valence-electron chi connectivity index (χ3n) is 2.92. The van der Waals surface area contributed by atoms with Crippen LogP contribution in [0.2, 0.25) is 0 Å². The van der Waals surface area contributed by atoms with E-state index >= 15 is 0 Å². The van der Waals surface area contributed by atoms with Gasteiger partial charge in [0, 0.05) is 20.2 Å². The number of ether oxygens (including phenoxy) is 1. The number of aliphatic carboxylic acids is 1. The molecule has 0 bridgehead atoms. The van der Waals surface area contributed by atoms with Crippen molar-refractivity contribution < 1.29 is 19.4 Å². The quantitative estimate of drug-likeness (QED) is 0.712. The molecule has 6 heteroatoms. The van der Waals surface area contributed by atoms with E-state index in [9.17, 15) is 9.59 Å². The minimum Gasteiger partial charge on any atom is -0.480 e. The molecule has 0 radical (unpaired) electrons. The van der Waals surface area contributed by atoms with Crippen LogP contribution in [0.5, 0.6) is 0 Å². The second kappa shape index (κ2) is 8.29. The van der Waals surface area contributed by atoms with E-state index < -0.39 is 5.97 Å². The monoisotopic (exact) mass is 280 g/mol. The number of amides is 1.